The van der Waals surface area contributed by atoms with E-state index >= 15 is 0 Å². The molecule has 0 atom stereocenters. The monoisotopic (exact) mass is 346 g/mol. The maximum absolute atomic E-state index is 12.2. The van der Waals surface area contributed by atoms with Gasteiger partial charge < -0.3 is 10.6 Å². The molecule has 0 aliphatic heterocycles. The van der Waals surface area contributed by atoms with Crippen LogP contribution < -0.4 is 10.6 Å². The summed E-state index contributed by atoms with van der Waals surface area (Å²) in [4.78, 5) is 12.2. The Morgan fingerprint density at radius 2 is 1.65 bits per heavy atom. The van der Waals surface area contributed by atoms with Crippen LogP contribution in [0.1, 0.15) is 27.2 Å². The van der Waals surface area contributed by atoms with Gasteiger partial charge >= 0.3 is 0 Å². The van der Waals surface area contributed by atoms with Crippen LogP contribution in [0, 0.1) is 13.8 Å². The maximum atomic E-state index is 12.2. The summed E-state index contributed by atoms with van der Waals surface area (Å²) < 4.78 is 0. The van der Waals surface area contributed by atoms with Gasteiger partial charge in [0.05, 0.1) is 0 Å². The summed E-state index contributed by atoms with van der Waals surface area (Å²) in [7, 11) is 0. The van der Waals surface area contributed by atoms with Crippen LogP contribution in [0.2, 0.25) is 0 Å². The van der Waals surface area contributed by atoms with E-state index in [1.165, 1.54) is 16.7 Å². The first-order valence-electron chi connectivity index (χ1n) is 8.61. The van der Waals surface area contributed by atoms with E-state index in [0.29, 0.717) is 18.1 Å². The minimum absolute atomic E-state index is 0.216. The van der Waals surface area contributed by atoms with Crippen LogP contribution in [0.3, 0.4) is 0 Å². The van der Waals surface area contributed by atoms with E-state index in [4.69, 9.17) is 0 Å². The number of nitrogens with zero attached hydrogens (tertiary/aromatic N) is 2. The van der Waals surface area contributed by atoms with Crippen molar-refractivity contribution in [1.29, 1.82) is 0 Å². The molecule has 5 heteroatoms. The topological polar surface area (TPSA) is 66.9 Å². The average molecular weight is 346 g/mol. The van der Waals surface area contributed by atoms with Crippen molar-refractivity contribution >= 4 is 17.4 Å². The summed E-state index contributed by atoms with van der Waals surface area (Å²) in [6, 6.07) is 19.7. The molecule has 0 radical (unpaired) electrons. The maximum Gasteiger partial charge on any atom is 0.271 e. The molecule has 0 aliphatic carbocycles. The number of aromatic nitrogens is 2. The van der Waals surface area contributed by atoms with Crippen molar-refractivity contribution in [2.75, 3.05) is 11.9 Å². The first kappa shape index (κ1) is 17.6. The van der Waals surface area contributed by atoms with Crippen molar-refractivity contribution in [2.45, 2.75) is 20.3 Å². The zero-order valence-electron chi connectivity index (χ0n) is 15.0. The highest BCUT2D eigenvalue weighted by Gasteiger charge is 2.08. The van der Waals surface area contributed by atoms with E-state index in [2.05, 4.69) is 26.9 Å². The summed E-state index contributed by atoms with van der Waals surface area (Å²) >= 11 is 0. The molecular formula is C21H22N4O. The number of carbonyl (C=O) groups is 1. The second kappa shape index (κ2) is 8.25. The van der Waals surface area contributed by atoms with Gasteiger partial charge in [-0.15, -0.1) is 10.2 Å². The minimum atomic E-state index is -0.216. The highest BCUT2D eigenvalue weighted by molar-refractivity contribution is 5.92. The number of carbonyl (C=O) groups excluding carboxylic acids is 1. The molecule has 1 heterocycles. The van der Waals surface area contributed by atoms with Gasteiger partial charge in [-0.25, -0.2) is 0 Å². The van der Waals surface area contributed by atoms with Gasteiger partial charge in [-0.2, -0.15) is 0 Å². The first-order chi connectivity index (χ1) is 12.6. The largest absolute Gasteiger partial charge is 0.350 e. The molecule has 1 amide bonds. The lowest BCUT2D eigenvalue weighted by Crippen LogP contribution is -2.26. The van der Waals surface area contributed by atoms with E-state index in [0.717, 1.165) is 12.1 Å². The molecule has 26 heavy (non-hydrogen) atoms. The Morgan fingerprint density at radius 1 is 0.923 bits per heavy atom. The second-order valence-corrected chi connectivity index (χ2v) is 6.30. The number of anilines is 2. The molecule has 1 aromatic heterocycles. The highest BCUT2D eigenvalue weighted by Crippen LogP contribution is 2.17. The highest BCUT2D eigenvalue weighted by atomic mass is 16.1. The molecule has 0 bridgehead atoms. The van der Waals surface area contributed by atoms with Crippen LogP contribution in [-0.2, 0) is 6.42 Å². The van der Waals surface area contributed by atoms with Gasteiger partial charge in [-0.05, 0) is 61.2 Å². The second-order valence-electron chi connectivity index (χ2n) is 6.30. The van der Waals surface area contributed by atoms with Crippen LogP contribution in [0.5, 0.6) is 0 Å². The van der Waals surface area contributed by atoms with Crippen molar-refractivity contribution in [1.82, 2.24) is 15.5 Å². The van der Waals surface area contributed by atoms with Gasteiger partial charge in [0.1, 0.15) is 0 Å². The van der Waals surface area contributed by atoms with Crippen LogP contribution >= 0.6 is 0 Å². The van der Waals surface area contributed by atoms with Crippen LogP contribution in [0.4, 0.5) is 11.5 Å². The number of rotatable bonds is 6. The van der Waals surface area contributed by atoms with Gasteiger partial charge in [-0.3, -0.25) is 4.79 Å². The zero-order valence-corrected chi connectivity index (χ0v) is 15.0. The summed E-state index contributed by atoms with van der Waals surface area (Å²) in [6.45, 7) is 4.66. The quantitative estimate of drug-likeness (QED) is 0.712. The number of nitrogens with one attached hydrogen (secondary N) is 2. The predicted octanol–water partition coefficient (Wildman–Crippen LogP) is 3.81. The Balaban J connectivity index is 1.55. The SMILES string of the molecule is Cc1cc(C)cc(Nc2ccc(C(=O)NCCc3ccccc3)nn2)c1. The molecule has 0 spiro atoms. The fraction of sp³-hybridized carbons (Fsp3) is 0.190. The van der Waals surface area contributed by atoms with Gasteiger partial charge in [0.25, 0.3) is 5.91 Å². The summed E-state index contributed by atoms with van der Waals surface area (Å²) in [6.07, 6.45) is 0.784. The molecule has 3 aromatic rings. The normalized spacial score (nSPS) is 10.4. The molecule has 3 rings (SSSR count). The number of aryl methyl sites for hydroxylation is 2. The number of hydrogen-bond donors (Lipinski definition) is 2. The van der Waals surface area contributed by atoms with Gasteiger partial charge in [0.15, 0.2) is 11.5 Å². The average Bonchev–Trinajstić information content (AvgIpc) is 2.62. The molecular weight excluding hydrogens is 324 g/mol. The summed E-state index contributed by atoms with van der Waals surface area (Å²) in [5, 5.41) is 14.2. The number of hydrogen-bond acceptors (Lipinski definition) is 4. The lowest BCUT2D eigenvalue weighted by Gasteiger charge is -2.08. The van der Waals surface area contributed by atoms with Crippen LogP contribution in [0.15, 0.2) is 60.7 Å². The third-order valence-corrected chi connectivity index (χ3v) is 3.93. The molecule has 0 saturated carbocycles. The van der Waals surface area contributed by atoms with Crippen molar-refractivity contribution in [3.05, 3.63) is 83.0 Å². The van der Waals surface area contributed by atoms with Crippen molar-refractivity contribution in [2.24, 2.45) is 0 Å². The van der Waals surface area contributed by atoms with Crippen LogP contribution in [-0.4, -0.2) is 22.6 Å². The Hall–Kier alpha value is -3.21. The molecule has 5 nitrogen and oxygen atoms in total. The van der Waals surface area contributed by atoms with E-state index in [1.807, 2.05) is 56.3 Å². The standard InChI is InChI=1S/C21H22N4O/c1-15-12-16(2)14-18(13-15)23-20-9-8-19(24-25-20)21(26)22-11-10-17-6-4-3-5-7-17/h3-9,12-14H,10-11H2,1-2H3,(H,22,26)(H,23,25). The smallest absolute Gasteiger partial charge is 0.271 e. The van der Waals surface area contributed by atoms with E-state index < -0.39 is 0 Å². The zero-order chi connectivity index (χ0) is 18.4. The van der Waals surface area contributed by atoms with Crippen molar-refractivity contribution in [3.63, 3.8) is 0 Å². The Kier molecular flexibility index (Phi) is 5.59. The summed E-state index contributed by atoms with van der Waals surface area (Å²) in [5.74, 6) is 0.391. The third-order valence-electron chi connectivity index (χ3n) is 3.93. The third kappa shape index (κ3) is 4.89. The van der Waals surface area contributed by atoms with E-state index in [9.17, 15) is 4.79 Å². The summed E-state index contributed by atoms with van der Waals surface area (Å²) in [5.41, 5.74) is 4.80. The van der Waals surface area contributed by atoms with E-state index in [-0.39, 0.29) is 5.91 Å². The molecule has 0 saturated heterocycles. The lowest BCUT2D eigenvalue weighted by molar-refractivity contribution is 0.0948. The number of benzene rings is 2. The Labute approximate surface area is 153 Å². The van der Waals surface area contributed by atoms with Crippen LogP contribution in [0.25, 0.3) is 0 Å². The predicted molar refractivity (Wildman–Crippen MR) is 104 cm³/mol. The van der Waals surface area contributed by atoms with Crippen molar-refractivity contribution in [3.8, 4) is 0 Å². The molecule has 0 unspecified atom stereocenters. The Bertz CT molecular complexity index is 856. The molecule has 2 N–H and O–H groups in total. The fourth-order valence-corrected chi connectivity index (χ4v) is 2.77. The molecule has 0 fully saturated rings. The van der Waals surface area contributed by atoms with Gasteiger partial charge in [-0.1, -0.05) is 36.4 Å². The lowest BCUT2D eigenvalue weighted by atomic mass is 10.1. The van der Waals surface area contributed by atoms with Gasteiger partial charge in [0.2, 0.25) is 0 Å². The molecule has 2 aromatic carbocycles. The Morgan fingerprint density at radius 3 is 2.31 bits per heavy atom. The van der Waals surface area contributed by atoms with Gasteiger partial charge in [0, 0.05) is 12.2 Å². The van der Waals surface area contributed by atoms with Crippen molar-refractivity contribution < 1.29 is 4.79 Å². The molecule has 132 valence electrons. The van der Waals surface area contributed by atoms with E-state index in [1.54, 1.807) is 12.1 Å². The molecule has 0 aliphatic rings. The minimum Gasteiger partial charge on any atom is -0.350 e. The fourth-order valence-electron chi connectivity index (χ4n) is 2.77. The first-order valence-corrected chi connectivity index (χ1v) is 8.61. The number of amides is 1.